The third-order valence-corrected chi connectivity index (χ3v) is 5.06. The molecule has 3 rings (SSSR count). The van der Waals surface area contributed by atoms with E-state index >= 15 is 0 Å². The van der Waals surface area contributed by atoms with Gasteiger partial charge in [-0.25, -0.2) is 0 Å². The van der Waals surface area contributed by atoms with Crippen LogP contribution in [-0.2, 0) is 9.59 Å². The number of piperidine rings is 1. The zero-order chi connectivity index (χ0) is 18.0. The number of benzene rings is 1. The van der Waals surface area contributed by atoms with Crippen LogP contribution in [-0.4, -0.2) is 56.7 Å². The third kappa shape index (κ3) is 3.87. The van der Waals surface area contributed by atoms with Crippen LogP contribution in [0.1, 0.15) is 19.8 Å². The molecule has 1 saturated heterocycles. The maximum absolute atomic E-state index is 12.5. The minimum atomic E-state index is -0.0622. The second-order valence-electron chi connectivity index (χ2n) is 6.94. The van der Waals surface area contributed by atoms with Gasteiger partial charge in [-0.1, -0.05) is 0 Å². The number of likely N-dealkylation sites (tertiary alicyclic amines) is 1. The molecule has 136 valence electrons. The Morgan fingerprint density at radius 2 is 1.88 bits per heavy atom. The van der Waals surface area contributed by atoms with Crippen LogP contribution < -0.4 is 19.7 Å². The Labute approximate surface area is 147 Å². The monoisotopic (exact) mass is 348 g/mol. The molecule has 1 atom stereocenters. The first kappa shape index (κ1) is 17.5. The van der Waals surface area contributed by atoms with Gasteiger partial charge >= 0.3 is 0 Å². The topological polar surface area (TPSA) is 72.3 Å². The normalized spacial score (nSPS) is 23.0. The van der Waals surface area contributed by atoms with Gasteiger partial charge in [0.25, 0.3) is 5.91 Å². The van der Waals surface area contributed by atoms with Crippen molar-refractivity contribution in [3.63, 3.8) is 0 Å². The van der Waals surface area contributed by atoms with E-state index in [1.54, 1.807) is 31.1 Å². The average Bonchev–Trinajstić information content (AvgIpc) is 3.08. The molecule has 2 amide bonds. The molecule has 2 heterocycles. The van der Waals surface area contributed by atoms with E-state index in [-0.39, 0.29) is 30.6 Å². The number of ether oxygens (including phenoxy) is 2. The number of anilines is 1. The number of nitrogens with one attached hydrogen (secondary N) is 2. The van der Waals surface area contributed by atoms with Gasteiger partial charge in [0.2, 0.25) is 12.7 Å². The van der Waals surface area contributed by atoms with Crippen LogP contribution in [0.5, 0.6) is 11.5 Å². The van der Waals surface area contributed by atoms with Crippen molar-refractivity contribution >= 4 is 17.5 Å². The summed E-state index contributed by atoms with van der Waals surface area (Å²) in [4.78, 5) is 27.5. The molecule has 0 radical (unpaired) electrons. The highest BCUT2D eigenvalue weighted by molar-refractivity contribution is 5.93. The molecule has 0 spiro atoms. The van der Waals surface area contributed by atoms with E-state index in [4.69, 9.17) is 9.47 Å². The number of amides is 2. The molecule has 0 saturated carbocycles. The lowest BCUT2D eigenvalue weighted by atomic mass is 9.94. The SMILES string of the molecule is C[C@@H](C(=O)N(C)C)[NH+]1CCC(C(=O)Nc2ccc3c(c2)OCO3)CC1. The van der Waals surface area contributed by atoms with Gasteiger partial charge in [0, 0.05) is 44.6 Å². The van der Waals surface area contributed by atoms with Crippen LogP contribution in [0.15, 0.2) is 18.2 Å². The predicted octanol–water partition coefficient (Wildman–Crippen LogP) is 0.125. The molecule has 1 aromatic carbocycles. The van der Waals surface area contributed by atoms with Crippen molar-refractivity contribution in [2.45, 2.75) is 25.8 Å². The number of likely N-dealkylation sites (N-methyl/N-ethyl adjacent to an activating group) is 1. The quantitative estimate of drug-likeness (QED) is 0.811. The van der Waals surface area contributed by atoms with Gasteiger partial charge in [-0.15, -0.1) is 0 Å². The minimum absolute atomic E-state index is 0.0177. The van der Waals surface area contributed by atoms with Gasteiger partial charge in [0.15, 0.2) is 17.5 Å². The summed E-state index contributed by atoms with van der Waals surface area (Å²) in [6.45, 7) is 3.85. The highest BCUT2D eigenvalue weighted by Gasteiger charge is 2.33. The summed E-state index contributed by atoms with van der Waals surface area (Å²) in [5.41, 5.74) is 0.722. The molecule has 0 aromatic heterocycles. The van der Waals surface area contributed by atoms with E-state index < -0.39 is 0 Å². The Kier molecular flexibility index (Phi) is 5.13. The summed E-state index contributed by atoms with van der Waals surface area (Å²) < 4.78 is 10.6. The molecule has 1 fully saturated rings. The van der Waals surface area contributed by atoms with Gasteiger partial charge in [-0.2, -0.15) is 0 Å². The van der Waals surface area contributed by atoms with E-state index in [1.807, 2.05) is 13.0 Å². The number of carbonyl (C=O) groups is 2. The highest BCUT2D eigenvalue weighted by atomic mass is 16.7. The van der Waals surface area contributed by atoms with Crippen LogP contribution >= 0.6 is 0 Å². The Hall–Kier alpha value is -2.28. The number of fused-ring (bicyclic) bond motifs is 1. The van der Waals surface area contributed by atoms with Crippen molar-refractivity contribution in [1.29, 1.82) is 0 Å². The molecule has 25 heavy (non-hydrogen) atoms. The molecule has 7 heteroatoms. The lowest BCUT2D eigenvalue weighted by Gasteiger charge is -2.33. The van der Waals surface area contributed by atoms with Crippen LogP contribution in [0.3, 0.4) is 0 Å². The molecule has 0 unspecified atom stereocenters. The van der Waals surface area contributed by atoms with Crippen molar-refractivity contribution in [2.75, 3.05) is 39.3 Å². The van der Waals surface area contributed by atoms with Crippen LogP contribution in [0.25, 0.3) is 0 Å². The molecular weight excluding hydrogens is 322 g/mol. The third-order valence-electron chi connectivity index (χ3n) is 5.06. The molecule has 1 aromatic rings. The summed E-state index contributed by atoms with van der Waals surface area (Å²) in [6.07, 6.45) is 1.58. The molecule has 2 aliphatic rings. The summed E-state index contributed by atoms with van der Waals surface area (Å²) in [7, 11) is 3.56. The summed E-state index contributed by atoms with van der Waals surface area (Å²) >= 11 is 0. The van der Waals surface area contributed by atoms with Crippen molar-refractivity contribution in [3.8, 4) is 11.5 Å². The van der Waals surface area contributed by atoms with Crippen LogP contribution in [0, 0.1) is 5.92 Å². The first-order valence-corrected chi connectivity index (χ1v) is 8.72. The number of rotatable bonds is 4. The molecule has 2 N–H and O–H groups in total. The molecule has 7 nitrogen and oxygen atoms in total. The van der Waals surface area contributed by atoms with Gasteiger partial charge in [0.05, 0.1) is 13.1 Å². The maximum Gasteiger partial charge on any atom is 0.280 e. The first-order chi connectivity index (χ1) is 12.0. The lowest BCUT2D eigenvalue weighted by molar-refractivity contribution is -0.920. The van der Waals surface area contributed by atoms with Crippen LogP contribution in [0.4, 0.5) is 5.69 Å². The zero-order valence-electron chi connectivity index (χ0n) is 15.0. The van der Waals surface area contributed by atoms with Gasteiger partial charge in [0.1, 0.15) is 0 Å². The fourth-order valence-corrected chi connectivity index (χ4v) is 3.46. The largest absolute Gasteiger partial charge is 0.454 e. The van der Waals surface area contributed by atoms with Crippen molar-refractivity contribution < 1.29 is 24.0 Å². The number of hydrogen-bond acceptors (Lipinski definition) is 4. The Morgan fingerprint density at radius 3 is 2.56 bits per heavy atom. The predicted molar refractivity (Wildman–Crippen MR) is 92.8 cm³/mol. The number of hydrogen-bond donors (Lipinski definition) is 2. The van der Waals surface area contributed by atoms with Crippen molar-refractivity contribution in [2.24, 2.45) is 5.92 Å². The number of nitrogens with zero attached hydrogens (tertiary/aromatic N) is 1. The second-order valence-corrected chi connectivity index (χ2v) is 6.94. The maximum atomic E-state index is 12.5. The van der Waals surface area contributed by atoms with Crippen molar-refractivity contribution in [1.82, 2.24) is 4.90 Å². The van der Waals surface area contributed by atoms with E-state index in [0.29, 0.717) is 11.5 Å². The number of quaternary nitrogens is 1. The molecule has 0 bridgehead atoms. The fraction of sp³-hybridized carbons (Fsp3) is 0.556. The smallest absolute Gasteiger partial charge is 0.280 e. The summed E-state index contributed by atoms with van der Waals surface area (Å²) in [6, 6.07) is 5.36. The Morgan fingerprint density at radius 1 is 1.20 bits per heavy atom. The summed E-state index contributed by atoms with van der Waals surface area (Å²) in [5.74, 6) is 1.51. The summed E-state index contributed by atoms with van der Waals surface area (Å²) in [5, 5.41) is 2.97. The molecule has 2 aliphatic heterocycles. The molecular formula is C18H26N3O4+. The lowest BCUT2D eigenvalue weighted by Crippen LogP contribution is -3.17. The highest BCUT2D eigenvalue weighted by Crippen LogP contribution is 2.34. The first-order valence-electron chi connectivity index (χ1n) is 8.72. The standard InChI is InChI=1S/C18H25N3O4/c1-12(18(23)20(2)3)21-8-6-13(7-9-21)17(22)19-14-4-5-15-16(10-14)25-11-24-15/h4-5,10,12-13H,6-9,11H2,1-3H3,(H,19,22)/p+1/t12-/m0/s1. The van der Waals surface area contributed by atoms with E-state index in [2.05, 4.69) is 5.32 Å². The van der Waals surface area contributed by atoms with E-state index in [0.717, 1.165) is 31.6 Å². The molecule has 0 aliphatic carbocycles. The minimum Gasteiger partial charge on any atom is -0.454 e. The zero-order valence-corrected chi connectivity index (χ0v) is 15.0. The van der Waals surface area contributed by atoms with E-state index in [1.165, 1.54) is 4.90 Å². The second kappa shape index (κ2) is 7.31. The number of carbonyl (C=O) groups excluding carboxylic acids is 2. The van der Waals surface area contributed by atoms with Gasteiger partial charge in [-0.05, 0) is 19.1 Å². The fourth-order valence-electron chi connectivity index (χ4n) is 3.46. The van der Waals surface area contributed by atoms with Gasteiger partial charge < -0.3 is 24.6 Å². The van der Waals surface area contributed by atoms with Crippen molar-refractivity contribution in [3.05, 3.63) is 18.2 Å². The van der Waals surface area contributed by atoms with Crippen LogP contribution in [0.2, 0.25) is 0 Å². The van der Waals surface area contributed by atoms with Gasteiger partial charge in [-0.3, -0.25) is 9.59 Å². The average molecular weight is 348 g/mol. The Balaban J connectivity index is 1.52. The van der Waals surface area contributed by atoms with E-state index in [9.17, 15) is 9.59 Å². The Bertz CT molecular complexity index is 654.